The number of thioether (sulfide) groups is 1. The topological polar surface area (TPSA) is 57.0 Å². The number of ether oxygens (including phenoxy) is 1. The van der Waals surface area contributed by atoms with Crippen LogP contribution in [0.25, 0.3) is 11.4 Å². The third-order valence-corrected chi connectivity index (χ3v) is 4.76. The molecule has 0 atom stereocenters. The molecule has 0 radical (unpaired) electrons. The fourth-order valence-corrected chi connectivity index (χ4v) is 3.23. The molecular weight excluding hydrogens is 341 g/mol. The number of methoxy groups -OCH3 is 1. The second kappa shape index (κ2) is 7.48. The van der Waals surface area contributed by atoms with Crippen LogP contribution in [0.3, 0.4) is 0 Å². The molecule has 0 aliphatic heterocycles. The number of aromatic nitrogens is 3. The summed E-state index contributed by atoms with van der Waals surface area (Å²) in [6, 6.07) is 13.7. The van der Waals surface area contributed by atoms with E-state index in [1.165, 1.54) is 24.9 Å². The van der Waals surface area contributed by atoms with Crippen molar-refractivity contribution in [3.8, 4) is 11.4 Å². The number of rotatable bonds is 5. The number of carbonyl (C=O) groups is 1. The van der Waals surface area contributed by atoms with Crippen molar-refractivity contribution in [2.24, 2.45) is 7.05 Å². The van der Waals surface area contributed by atoms with Crippen LogP contribution in [0, 0.1) is 5.82 Å². The van der Waals surface area contributed by atoms with Gasteiger partial charge in [-0.2, -0.15) is 0 Å². The molecule has 0 saturated carbocycles. The van der Waals surface area contributed by atoms with Crippen LogP contribution in [-0.2, 0) is 17.5 Å². The van der Waals surface area contributed by atoms with Crippen molar-refractivity contribution in [2.75, 3.05) is 7.11 Å². The minimum atomic E-state index is -0.368. The van der Waals surface area contributed by atoms with E-state index < -0.39 is 0 Å². The number of halogens is 1. The van der Waals surface area contributed by atoms with E-state index in [1.807, 2.05) is 12.1 Å². The molecule has 0 N–H and O–H groups in total. The summed E-state index contributed by atoms with van der Waals surface area (Å²) >= 11 is 1.46. The second-order valence-corrected chi connectivity index (χ2v) is 6.27. The maximum atomic E-state index is 13.9. The van der Waals surface area contributed by atoms with E-state index in [1.54, 1.807) is 41.9 Å². The molecule has 0 aliphatic carbocycles. The average molecular weight is 357 g/mol. The minimum Gasteiger partial charge on any atom is -0.465 e. The molecule has 0 aliphatic rings. The van der Waals surface area contributed by atoms with E-state index >= 15 is 0 Å². The molecule has 7 heteroatoms. The Balaban J connectivity index is 1.77. The molecule has 1 aromatic heterocycles. The van der Waals surface area contributed by atoms with Crippen molar-refractivity contribution in [3.05, 3.63) is 65.5 Å². The zero-order valence-electron chi connectivity index (χ0n) is 13.8. The Bertz CT molecular complexity index is 911. The maximum Gasteiger partial charge on any atom is 0.337 e. The first kappa shape index (κ1) is 17.2. The molecule has 2 aromatic carbocycles. The molecule has 5 nitrogen and oxygen atoms in total. The fourth-order valence-electron chi connectivity index (χ4n) is 2.37. The first-order valence-corrected chi connectivity index (χ1v) is 8.53. The zero-order chi connectivity index (χ0) is 17.8. The normalized spacial score (nSPS) is 10.7. The Kier molecular flexibility index (Phi) is 5.14. The number of esters is 1. The Morgan fingerprint density at radius 2 is 2.00 bits per heavy atom. The third kappa shape index (κ3) is 3.71. The quantitative estimate of drug-likeness (QED) is 0.515. The molecule has 1 heterocycles. The number of hydrogen-bond donors (Lipinski definition) is 0. The summed E-state index contributed by atoms with van der Waals surface area (Å²) in [6.45, 7) is 0. The van der Waals surface area contributed by atoms with Gasteiger partial charge in [0.2, 0.25) is 0 Å². The highest BCUT2D eigenvalue weighted by atomic mass is 32.2. The Morgan fingerprint density at radius 1 is 1.20 bits per heavy atom. The molecule has 3 aromatic rings. The van der Waals surface area contributed by atoms with Crippen molar-refractivity contribution in [2.45, 2.75) is 10.9 Å². The molecule has 0 spiro atoms. The Labute approximate surface area is 148 Å². The largest absolute Gasteiger partial charge is 0.465 e. The molecule has 0 amide bonds. The van der Waals surface area contributed by atoms with Gasteiger partial charge in [0, 0.05) is 12.8 Å². The van der Waals surface area contributed by atoms with Crippen LogP contribution in [0.1, 0.15) is 15.9 Å². The lowest BCUT2D eigenvalue weighted by Crippen LogP contribution is -2.01. The lowest BCUT2D eigenvalue weighted by atomic mass is 10.1. The highest BCUT2D eigenvalue weighted by Crippen LogP contribution is 2.26. The summed E-state index contributed by atoms with van der Waals surface area (Å²) in [4.78, 5) is 11.6. The summed E-state index contributed by atoms with van der Waals surface area (Å²) in [5, 5.41) is 8.90. The van der Waals surface area contributed by atoms with Crippen LogP contribution < -0.4 is 0 Å². The first-order chi connectivity index (χ1) is 12.1. The van der Waals surface area contributed by atoms with Crippen LogP contribution in [0.4, 0.5) is 4.39 Å². The lowest BCUT2D eigenvalue weighted by molar-refractivity contribution is 0.0600. The predicted octanol–water partition coefficient (Wildman–Crippen LogP) is 3.70. The van der Waals surface area contributed by atoms with E-state index in [-0.39, 0.29) is 11.8 Å². The SMILES string of the molecule is COC(=O)c1cccc(CSc2nnc(-c3ccccc3F)n2C)c1. The van der Waals surface area contributed by atoms with Gasteiger partial charge in [0.25, 0.3) is 0 Å². The average Bonchev–Trinajstić information content (AvgIpc) is 3.00. The maximum absolute atomic E-state index is 13.9. The summed E-state index contributed by atoms with van der Waals surface area (Å²) in [5.74, 6) is 0.380. The van der Waals surface area contributed by atoms with Gasteiger partial charge in [-0.3, -0.25) is 0 Å². The van der Waals surface area contributed by atoms with Gasteiger partial charge in [-0.1, -0.05) is 36.0 Å². The van der Waals surface area contributed by atoms with Crippen LogP contribution in [0.5, 0.6) is 0 Å². The Hall–Kier alpha value is -2.67. The van der Waals surface area contributed by atoms with Crippen LogP contribution >= 0.6 is 11.8 Å². The molecule has 0 bridgehead atoms. The molecule has 0 fully saturated rings. The summed E-state index contributed by atoms with van der Waals surface area (Å²) in [5.41, 5.74) is 1.88. The minimum absolute atomic E-state index is 0.333. The van der Waals surface area contributed by atoms with Crippen LogP contribution in [0.15, 0.2) is 53.7 Å². The lowest BCUT2D eigenvalue weighted by Gasteiger charge is -2.06. The van der Waals surface area contributed by atoms with Gasteiger partial charge in [-0.15, -0.1) is 10.2 Å². The monoisotopic (exact) mass is 357 g/mol. The van der Waals surface area contributed by atoms with Gasteiger partial charge in [0.1, 0.15) is 5.82 Å². The fraction of sp³-hybridized carbons (Fsp3) is 0.167. The number of carbonyl (C=O) groups excluding carboxylic acids is 1. The van der Waals surface area contributed by atoms with Crippen molar-refractivity contribution < 1.29 is 13.9 Å². The summed E-state index contributed by atoms with van der Waals surface area (Å²) < 4.78 is 20.4. The first-order valence-electron chi connectivity index (χ1n) is 7.54. The Morgan fingerprint density at radius 3 is 2.76 bits per heavy atom. The zero-order valence-corrected chi connectivity index (χ0v) is 14.6. The van der Waals surface area contributed by atoms with Gasteiger partial charge in [0.05, 0.1) is 18.2 Å². The van der Waals surface area contributed by atoms with Crippen molar-refractivity contribution in [1.29, 1.82) is 0 Å². The standard InChI is InChI=1S/C18H16FN3O2S/c1-22-16(14-8-3-4-9-15(14)19)20-21-18(22)25-11-12-6-5-7-13(10-12)17(23)24-2/h3-10H,11H2,1-2H3. The smallest absolute Gasteiger partial charge is 0.337 e. The molecule has 0 saturated heterocycles. The van der Waals surface area contributed by atoms with E-state index in [0.29, 0.717) is 27.9 Å². The van der Waals surface area contributed by atoms with Gasteiger partial charge in [-0.25, -0.2) is 9.18 Å². The van der Waals surface area contributed by atoms with E-state index in [2.05, 4.69) is 10.2 Å². The molecule has 25 heavy (non-hydrogen) atoms. The van der Waals surface area contributed by atoms with Crippen LogP contribution in [-0.4, -0.2) is 27.8 Å². The van der Waals surface area contributed by atoms with E-state index in [4.69, 9.17) is 4.74 Å². The highest BCUT2D eigenvalue weighted by Gasteiger charge is 2.14. The van der Waals surface area contributed by atoms with Crippen molar-refractivity contribution >= 4 is 17.7 Å². The molecule has 3 rings (SSSR count). The molecule has 128 valence electrons. The molecule has 0 unspecified atom stereocenters. The van der Waals surface area contributed by atoms with Crippen molar-refractivity contribution in [1.82, 2.24) is 14.8 Å². The van der Waals surface area contributed by atoms with Gasteiger partial charge < -0.3 is 9.30 Å². The van der Waals surface area contributed by atoms with E-state index in [0.717, 1.165) is 5.56 Å². The van der Waals surface area contributed by atoms with E-state index in [9.17, 15) is 9.18 Å². The number of hydrogen-bond acceptors (Lipinski definition) is 5. The molecular formula is C18H16FN3O2S. The highest BCUT2D eigenvalue weighted by molar-refractivity contribution is 7.98. The third-order valence-electron chi connectivity index (χ3n) is 3.67. The van der Waals surface area contributed by atoms with Gasteiger partial charge in [-0.05, 0) is 29.8 Å². The number of nitrogens with zero attached hydrogens (tertiary/aromatic N) is 3. The van der Waals surface area contributed by atoms with Gasteiger partial charge >= 0.3 is 5.97 Å². The van der Waals surface area contributed by atoms with Gasteiger partial charge in [0.15, 0.2) is 11.0 Å². The summed E-state index contributed by atoms with van der Waals surface area (Å²) in [7, 11) is 3.16. The van der Waals surface area contributed by atoms with Crippen LogP contribution in [0.2, 0.25) is 0 Å². The summed E-state index contributed by atoms with van der Waals surface area (Å²) in [6.07, 6.45) is 0. The number of benzene rings is 2. The van der Waals surface area contributed by atoms with Crippen molar-refractivity contribution in [3.63, 3.8) is 0 Å². The predicted molar refractivity (Wildman–Crippen MR) is 93.7 cm³/mol. The second-order valence-electron chi connectivity index (χ2n) is 5.33.